The van der Waals surface area contributed by atoms with Gasteiger partial charge in [0.25, 0.3) is 0 Å². The molecule has 0 aliphatic carbocycles. The summed E-state index contributed by atoms with van der Waals surface area (Å²) in [5, 5.41) is 8.36. The van der Waals surface area contributed by atoms with Crippen molar-refractivity contribution in [1.29, 1.82) is 0 Å². The van der Waals surface area contributed by atoms with Crippen LogP contribution in [0.1, 0.15) is 24.0 Å². The largest absolute Gasteiger partial charge is 0.370 e. The summed E-state index contributed by atoms with van der Waals surface area (Å²) >= 11 is 5.99. The Balaban J connectivity index is 1.68. The Labute approximate surface area is 122 Å². The summed E-state index contributed by atoms with van der Waals surface area (Å²) < 4.78 is 9.58. The Hall–Kier alpha value is -1.37. The predicted octanol–water partition coefficient (Wildman–Crippen LogP) is 1.43. The van der Waals surface area contributed by atoms with Crippen LogP contribution in [0.5, 0.6) is 0 Å². The highest BCUT2D eigenvalue weighted by Gasteiger charge is 2.31. The molecular formula is C13H18ClN5O. The minimum Gasteiger partial charge on any atom is -0.370 e. The molecule has 0 spiro atoms. The number of hydrogen-bond acceptors (Lipinski definition) is 4. The van der Waals surface area contributed by atoms with Crippen molar-refractivity contribution in [2.75, 3.05) is 6.61 Å². The van der Waals surface area contributed by atoms with E-state index < -0.39 is 0 Å². The van der Waals surface area contributed by atoms with Crippen molar-refractivity contribution in [2.24, 2.45) is 14.1 Å². The number of aromatic nitrogens is 4. The van der Waals surface area contributed by atoms with Crippen molar-refractivity contribution in [3.8, 4) is 0 Å². The molecule has 0 radical (unpaired) electrons. The molecule has 2 aromatic rings. The third-order valence-corrected chi connectivity index (χ3v) is 4.14. The smallest absolute Gasteiger partial charge is 0.128 e. The third-order valence-electron chi connectivity index (χ3n) is 3.79. The van der Waals surface area contributed by atoms with Gasteiger partial charge < -0.3 is 14.6 Å². The molecule has 2 atom stereocenters. The maximum absolute atomic E-state index is 5.99. The van der Waals surface area contributed by atoms with Gasteiger partial charge in [-0.15, -0.1) is 0 Å². The Bertz CT molecular complexity index is 593. The van der Waals surface area contributed by atoms with Crippen LogP contribution in [0.25, 0.3) is 0 Å². The highest BCUT2D eigenvalue weighted by Crippen LogP contribution is 2.28. The highest BCUT2D eigenvalue weighted by molar-refractivity contribution is 6.29. The number of ether oxygens (including phenoxy) is 1. The minimum atomic E-state index is 0.0400. The second kappa shape index (κ2) is 5.55. The van der Waals surface area contributed by atoms with E-state index in [0.717, 1.165) is 24.5 Å². The summed E-state index contributed by atoms with van der Waals surface area (Å²) in [6.45, 7) is 1.43. The molecular weight excluding hydrogens is 278 g/mol. The zero-order valence-electron chi connectivity index (χ0n) is 11.6. The molecule has 1 aliphatic heterocycles. The first-order valence-corrected chi connectivity index (χ1v) is 7.03. The maximum Gasteiger partial charge on any atom is 0.128 e. The molecule has 2 aromatic heterocycles. The molecule has 1 aliphatic rings. The van der Waals surface area contributed by atoms with Gasteiger partial charge in [0.05, 0.1) is 18.4 Å². The first-order valence-electron chi connectivity index (χ1n) is 6.66. The van der Waals surface area contributed by atoms with Gasteiger partial charge in [-0.1, -0.05) is 11.6 Å². The summed E-state index contributed by atoms with van der Waals surface area (Å²) in [5.74, 6) is 0.922. The summed E-state index contributed by atoms with van der Waals surface area (Å²) in [5.41, 5.74) is 1.10. The number of rotatable bonds is 4. The van der Waals surface area contributed by atoms with E-state index in [1.807, 2.05) is 29.4 Å². The van der Waals surface area contributed by atoms with E-state index in [4.69, 9.17) is 16.3 Å². The lowest BCUT2D eigenvalue weighted by atomic mass is 10.1. The van der Waals surface area contributed by atoms with Gasteiger partial charge in [-0.2, -0.15) is 5.10 Å². The standard InChI is InChI=1S/C13H18ClN5O/c1-18-11(14)7-16-12(18)8-15-9-4-6-20-13(9)10-3-5-17-19(10)2/h3,5,7,9,13,15H,4,6,8H2,1-2H3/t9-,13-/m0/s1. The number of nitrogens with zero attached hydrogens (tertiary/aromatic N) is 4. The molecule has 20 heavy (non-hydrogen) atoms. The summed E-state index contributed by atoms with van der Waals surface area (Å²) in [6, 6.07) is 2.27. The molecule has 0 amide bonds. The molecule has 3 rings (SSSR count). The fourth-order valence-electron chi connectivity index (χ4n) is 2.56. The van der Waals surface area contributed by atoms with Gasteiger partial charge in [0, 0.05) is 32.9 Å². The van der Waals surface area contributed by atoms with Crippen LogP contribution in [0, 0.1) is 0 Å². The van der Waals surface area contributed by atoms with E-state index in [2.05, 4.69) is 15.4 Å². The average Bonchev–Trinajstić information content (AvgIpc) is 3.11. The van der Waals surface area contributed by atoms with Crippen molar-refractivity contribution >= 4 is 11.6 Å². The van der Waals surface area contributed by atoms with E-state index in [9.17, 15) is 0 Å². The number of halogens is 1. The average molecular weight is 296 g/mol. The van der Waals surface area contributed by atoms with Gasteiger partial charge in [-0.25, -0.2) is 4.98 Å². The number of imidazole rings is 1. The Morgan fingerprint density at radius 2 is 2.35 bits per heavy atom. The van der Waals surface area contributed by atoms with Gasteiger partial charge in [-0.05, 0) is 12.5 Å². The van der Waals surface area contributed by atoms with Crippen molar-refractivity contribution in [3.63, 3.8) is 0 Å². The zero-order chi connectivity index (χ0) is 14.1. The molecule has 3 heterocycles. The molecule has 1 N–H and O–H groups in total. The SMILES string of the molecule is Cn1nccc1[C@H]1OCC[C@@H]1NCc1ncc(Cl)n1C. The Kier molecular flexibility index (Phi) is 3.78. The van der Waals surface area contributed by atoms with Crippen molar-refractivity contribution in [3.05, 3.63) is 35.1 Å². The molecule has 6 nitrogen and oxygen atoms in total. The van der Waals surface area contributed by atoms with Crippen LogP contribution < -0.4 is 5.32 Å². The first-order chi connectivity index (χ1) is 9.66. The second-order valence-electron chi connectivity index (χ2n) is 5.00. The van der Waals surface area contributed by atoms with E-state index in [1.165, 1.54) is 0 Å². The monoisotopic (exact) mass is 295 g/mol. The van der Waals surface area contributed by atoms with E-state index >= 15 is 0 Å². The fraction of sp³-hybridized carbons (Fsp3) is 0.538. The summed E-state index contributed by atoms with van der Waals surface area (Å²) in [7, 11) is 3.85. The number of aryl methyl sites for hydroxylation is 1. The van der Waals surface area contributed by atoms with E-state index in [0.29, 0.717) is 11.7 Å². The van der Waals surface area contributed by atoms with E-state index in [-0.39, 0.29) is 12.1 Å². The third kappa shape index (κ3) is 2.46. The molecule has 7 heteroatoms. The van der Waals surface area contributed by atoms with Crippen LogP contribution >= 0.6 is 11.6 Å². The highest BCUT2D eigenvalue weighted by atomic mass is 35.5. The zero-order valence-corrected chi connectivity index (χ0v) is 12.3. The van der Waals surface area contributed by atoms with Crippen LogP contribution in [0.2, 0.25) is 5.15 Å². The lowest BCUT2D eigenvalue weighted by Gasteiger charge is -2.20. The lowest BCUT2D eigenvalue weighted by Crippen LogP contribution is -2.33. The van der Waals surface area contributed by atoms with Crippen LogP contribution in [0.3, 0.4) is 0 Å². The van der Waals surface area contributed by atoms with Gasteiger partial charge in [-0.3, -0.25) is 4.68 Å². The van der Waals surface area contributed by atoms with Crippen LogP contribution in [-0.2, 0) is 25.4 Å². The van der Waals surface area contributed by atoms with Gasteiger partial charge >= 0.3 is 0 Å². The molecule has 108 valence electrons. The first kappa shape index (κ1) is 13.6. The molecule has 0 unspecified atom stereocenters. The molecule has 1 saturated heterocycles. The van der Waals surface area contributed by atoms with Crippen LogP contribution in [-0.4, -0.2) is 32.0 Å². The maximum atomic E-state index is 5.99. The Morgan fingerprint density at radius 1 is 1.50 bits per heavy atom. The predicted molar refractivity (Wildman–Crippen MR) is 75.4 cm³/mol. The topological polar surface area (TPSA) is 56.9 Å². The summed E-state index contributed by atoms with van der Waals surface area (Å²) in [6.07, 6.45) is 4.49. The normalized spacial score (nSPS) is 22.6. The van der Waals surface area contributed by atoms with Crippen molar-refractivity contribution < 1.29 is 4.74 Å². The fourth-order valence-corrected chi connectivity index (χ4v) is 2.71. The Morgan fingerprint density at radius 3 is 3.00 bits per heavy atom. The molecule has 0 bridgehead atoms. The molecule has 0 saturated carbocycles. The van der Waals surface area contributed by atoms with Gasteiger partial charge in [0.1, 0.15) is 17.1 Å². The minimum absolute atomic E-state index is 0.0400. The molecule has 1 fully saturated rings. The number of hydrogen-bond donors (Lipinski definition) is 1. The van der Waals surface area contributed by atoms with Gasteiger partial charge in [0.15, 0.2) is 0 Å². The van der Waals surface area contributed by atoms with Crippen molar-refractivity contribution in [1.82, 2.24) is 24.6 Å². The van der Waals surface area contributed by atoms with Crippen LogP contribution in [0.15, 0.2) is 18.5 Å². The van der Waals surface area contributed by atoms with Crippen molar-refractivity contribution in [2.45, 2.75) is 25.1 Å². The molecule has 0 aromatic carbocycles. The lowest BCUT2D eigenvalue weighted by molar-refractivity contribution is 0.0917. The van der Waals surface area contributed by atoms with Gasteiger partial charge in [0.2, 0.25) is 0 Å². The van der Waals surface area contributed by atoms with Crippen LogP contribution in [0.4, 0.5) is 0 Å². The van der Waals surface area contributed by atoms with E-state index in [1.54, 1.807) is 12.4 Å². The summed E-state index contributed by atoms with van der Waals surface area (Å²) in [4.78, 5) is 4.29. The quantitative estimate of drug-likeness (QED) is 0.927. The second-order valence-corrected chi connectivity index (χ2v) is 5.39. The number of nitrogens with one attached hydrogen (secondary N) is 1.